The van der Waals surface area contributed by atoms with Gasteiger partial charge in [-0.05, 0) is 24.6 Å². The Morgan fingerprint density at radius 3 is 2.33 bits per heavy atom. The maximum atomic E-state index is 4.04. The molecule has 0 amide bonds. The molecule has 1 aliphatic rings. The lowest BCUT2D eigenvalue weighted by molar-refractivity contribution is 0.242. The van der Waals surface area contributed by atoms with Crippen LogP contribution in [0.2, 0.25) is 37.3 Å². The first-order valence-electron chi connectivity index (χ1n) is 9.05. The Balaban J connectivity index is 2.67. The molecule has 1 saturated heterocycles. The molecule has 1 N–H and O–H groups in total. The molecule has 0 saturated carbocycles. The summed E-state index contributed by atoms with van der Waals surface area (Å²) in [6.45, 7) is 19.9. The monoisotopic (exact) mass is 326 g/mol. The largest absolute Gasteiger partial charge is 0.318 e. The number of nitrogens with one attached hydrogen (secondary N) is 1. The summed E-state index contributed by atoms with van der Waals surface area (Å²) in [5, 5.41) is 3.64. The Labute approximate surface area is 135 Å². The van der Waals surface area contributed by atoms with E-state index in [0.29, 0.717) is 0 Å². The molecule has 1 unspecified atom stereocenters. The zero-order valence-electron chi connectivity index (χ0n) is 15.2. The first-order valence-corrected chi connectivity index (χ1v) is 14.9. The van der Waals surface area contributed by atoms with Crippen LogP contribution in [-0.4, -0.2) is 46.6 Å². The standard InChI is InChI=1S/C17H38N2Si2/c1-7-20(5,6)15-11-12-17-16-18-13-14-19(17)21(8-2,9-3)10-4/h7,17-18H,1,8-16H2,2-6H3. The molecule has 1 fully saturated rings. The molecule has 0 aromatic rings. The molecule has 4 heteroatoms. The summed E-state index contributed by atoms with van der Waals surface area (Å²) < 4.78 is 2.99. The fraction of sp³-hybridized carbons (Fsp3) is 0.882. The van der Waals surface area contributed by atoms with Crippen LogP contribution in [0.3, 0.4) is 0 Å². The normalized spacial score (nSPS) is 21.5. The third-order valence-corrected chi connectivity index (χ3v) is 14.3. The zero-order valence-corrected chi connectivity index (χ0v) is 17.2. The van der Waals surface area contributed by atoms with Crippen molar-refractivity contribution in [3.05, 3.63) is 12.3 Å². The van der Waals surface area contributed by atoms with Gasteiger partial charge in [-0.2, -0.15) is 0 Å². The minimum absolute atomic E-state index is 0.792. The Morgan fingerprint density at radius 2 is 1.81 bits per heavy atom. The van der Waals surface area contributed by atoms with Crippen molar-refractivity contribution in [1.82, 2.24) is 9.88 Å². The third kappa shape index (κ3) is 5.05. The Kier molecular flexibility index (Phi) is 7.89. The van der Waals surface area contributed by atoms with E-state index in [1.807, 2.05) is 0 Å². The maximum Gasteiger partial charge on any atom is 0.127 e. The predicted octanol–water partition coefficient (Wildman–Crippen LogP) is 4.48. The Hall–Kier alpha value is 0.0938. The minimum atomic E-state index is -1.20. The van der Waals surface area contributed by atoms with Crippen LogP contribution >= 0.6 is 0 Å². The first kappa shape index (κ1) is 19.1. The van der Waals surface area contributed by atoms with Crippen molar-refractivity contribution in [3.63, 3.8) is 0 Å². The van der Waals surface area contributed by atoms with Crippen LogP contribution < -0.4 is 5.32 Å². The number of rotatable bonds is 9. The Morgan fingerprint density at radius 1 is 1.19 bits per heavy atom. The van der Waals surface area contributed by atoms with Crippen molar-refractivity contribution in [2.45, 2.75) is 76.9 Å². The smallest absolute Gasteiger partial charge is 0.127 e. The van der Waals surface area contributed by atoms with Gasteiger partial charge in [-0.15, -0.1) is 12.3 Å². The zero-order chi connectivity index (χ0) is 15.9. The topological polar surface area (TPSA) is 15.3 Å². The summed E-state index contributed by atoms with van der Waals surface area (Å²) in [5.41, 5.74) is 2.26. The quantitative estimate of drug-likeness (QED) is 0.628. The van der Waals surface area contributed by atoms with Crippen LogP contribution in [0.1, 0.15) is 33.6 Å². The lowest BCUT2D eigenvalue weighted by Gasteiger charge is -2.48. The average molecular weight is 327 g/mol. The van der Waals surface area contributed by atoms with Crippen molar-refractivity contribution < 1.29 is 0 Å². The molecule has 0 aromatic carbocycles. The highest BCUT2D eigenvalue weighted by molar-refractivity contribution is 6.82. The number of hydrogen-bond donors (Lipinski definition) is 1. The van der Waals surface area contributed by atoms with Gasteiger partial charge in [0.05, 0.1) is 8.07 Å². The lowest BCUT2D eigenvalue weighted by Crippen LogP contribution is -2.63. The molecule has 0 aromatic heterocycles. The molecule has 1 atom stereocenters. The molecule has 2 nitrogen and oxygen atoms in total. The van der Waals surface area contributed by atoms with E-state index in [0.717, 1.165) is 6.04 Å². The summed E-state index contributed by atoms with van der Waals surface area (Å²) in [6, 6.07) is 6.45. The molecule has 0 aliphatic carbocycles. The molecular formula is C17H38N2Si2. The maximum absolute atomic E-state index is 4.04. The van der Waals surface area contributed by atoms with E-state index >= 15 is 0 Å². The van der Waals surface area contributed by atoms with Crippen LogP contribution in [0, 0.1) is 0 Å². The van der Waals surface area contributed by atoms with E-state index in [9.17, 15) is 0 Å². The van der Waals surface area contributed by atoms with E-state index in [-0.39, 0.29) is 0 Å². The van der Waals surface area contributed by atoms with Crippen molar-refractivity contribution in [2.24, 2.45) is 0 Å². The van der Waals surface area contributed by atoms with Gasteiger partial charge in [-0.3, -0.25) is 0 Å². The summed E-state index contributed by atoms with van der Waals surface area (Å²) in [6.07, 6.45) is 2.77. The molecule has 1 heterocycles. The second kappa shape index (κ2) is 8.65. The number of piperazine rings is 1. The molecule has 124 valence electrons. The molecule has 1 rings (SSSR count). The van der Waals surface area contributed by atoms with Crippen LogP contribution in [-0.2, 0) is 0 Å². The molecule has 0 bridgehead atoms. The lowest BCUT2D eigenvalue weighted by atomic mass is 10.1. The predicted molar refractivity (Wildman–Crippen MR) is 102 cm³/mol. The molecule has 0 radical (unpaired) electrons. The van der Waals surface area contributed by atoms with Gasteiger partial charge in [0.15, 0.2) is 0 Å². The fourth-order valence-corrected chi connectivity index (χ4v) is 9.52. The highest BCUT2D eigenvalue weighted by atomic mass is 28.3. The summed E-state index contributed by atoms with van der Waals surface area (Å²) in [7, 11) is -2.32. The van der Waals surface area contributed by atoms with Gasteiger partial charge in [0.25, 0.3) is 0 Å². The minimum Gasteiger partial charge on any atom is -0.318 e. The first-order chi connectivity index (χ1) is 9.94. The summed E-state index contributed by atoms with van der Waals surface area (Å²) in [5.74, 6) is 0. The van der Waals surface area contributed by atoms with Gasteiger partial charge in [0.2, 0.25) is 0 Å². The van der Waals surface area contributed by atoms with Gasteiger partial charge in [-0.1, -0.05) is 46.3 Å². The molecule has 21 heavy (non-hydrogen) atoms. The van der Waals surface area contributed by atoms with E-state index in [1.165, 1.54) is 56.7 Å². The highest BCUT2D eigenvalue weighted by Crippen LogP contribution is 2.29. The summed E-state index contributed by atoms with van der Waals surface area (Å²) in [4.78, 5) is 0. The summed E-state index contributed by atoms with van der Waals surface area (Å²) >= 11 is 0. The molecule has 1 aliphatic heterocycles. The fourth-order valence-electron chi connectivity index (χ4n) is 3.90. The second-order valence-electron chi connectivity index (χ2n) is 7.42. The van der Waals surface area contributed by atoms with Crippen molar-refractivity contribution in [2.75, 3.05) is 19.6 Å². The van der Waals surface area contributed by atoms with Gasteiger partial charge >= 0.3 is 0 Å². The van der Waals surface area contributed by atoms with Crippen LogP contribution in [0.4, 0.5) is 0 Å². The number of hydrogen-bond acceptors (Lipinski definition) is 2. The van der Waals surface area contributed by atoms with E-state index in [1.54, 1.807) is 0 Å². The highest BCUT2D eigenvalue weighted by Gasteiger charge is 2.39. The third-order valence-electron chi connectivity index (χ3n) is 5.84. The van der Waals surface area contributed by atoms with Gasteiger partial charge in [0.1, 0.15) is 8.24 Å². The van der Waals surface area contributed by atoms with Gasteiger partial charge in [-0.25, -0.2) is 0 Å². The second-order valence-corrected chi connectivity index (χ2v) is 17.5. The number of nitrogens with zero attached hydrogens (tertiary/aromatic N) is 1. The molecule has 0 spiro atoms. The van der Waals surface area contributed by atoms with Gasteiger partial charge in [0, 0.05) is 25.7 Å². The SMILES string of the molecule is C=C[Si](C)(C)CCCC1CNCCN1[Si](CC)(CC)CC. The van der Waals surface area contributed by atoms with Gasteiger partial charge < -0.3 is 9.88 Å². The van der Waals surface area contributed by atoms with Crippen molar-refractivity contribution >= 4 is 16.3 Å². The van der Waals surface area contributed by atoms with Crippen LogP contribution in [0.15, 0.2) is 12.3 Å². The Bertz CT molecular complexity index is 306. The van der Waals surface area contributed by atoms with Crippen LogP contribution in [0.25, 0.3) is 0 Å². The van der Waals surface area contributed by atoms with Crippen molar-refractivity contribution in [3.8, 4) is 0 Å². The van der Waals surface area contributed by atoms with E-state index in [2.05, 4.69) is 56.0 Å². The van der Waals surface area contributed by atoms with E-state index in [4.69, 9.17) is 0 Å². The van der Waals surface area contributed by atoms with Crippen molar-refractivity contribution in [1.29, 1.82) is 0 Å². The van der Waals surface area contributed by atoms with Crippen LogP contribution in [0.5, 0.6) is 0 Å². The van der Waals surface area contributed by atoms with E-state index < -0.39 is 16.3 Å². The molecular weight excluding hydrogens is 288 g/mol. The average Bonchev–Trinajstić information content (AvgIpc) is 2.51.